The summed E-state index contributed by atoms with van der Waals surface area (Å²) >= 11 is 0. The maximum absolute atomic E-state index is 11.4. The van der Waals surface area contributed by atoms with Gasteiger partial charge in [-0.2, -0.15) is 0 Å². The first-order chi connectivity index (χ1) is 8.90. The Hall–Kier alpha value is -1.31. The lowest BCUT2D eigenvalue weighted by molar-refractivity contribution is -0.111. The lowest BCUT2D eigenvalue weighted by Gasteiger charge is -2.43. The van der Waals surface area contributed by atoms with E-state index in [1.807, 2.05) is 0 Å². The van der Waals surface area contributed by atoms with Crippen molar-refractivity contribution in [3.05, 3.63) is 29.8 Å². The van der Waals surface area contributed by atoms with Crippen LogP contribution in [0.5, 0.6) is 0 Å². The Balaban J connectivity index is 1.97. The predicted octanol–water partition coefficient (Wildman–Crippen LogP) is 3.20. The summed E-state index contributed by atoms with van der Waals surface area (Å²) in [7, 11) is 0. The van der Waals surface area contributed by atoms with Crippen LogP contribution in [-0.4, -0.2) is 18.9 Å². The number of para-hydroxylation sites is 1. The Morgan fingerprint density at radius 1 is 1.11 bits per heavy atom. The van der Waals surface area contributed by atoms with Crippen molar-refractivity contribution in [2.45, 2.75) is 44.6 Å². The number of nitrogens with zero attached hydrogens (tertiary/aromatic N) is 1. The van der Waals surface area contributed by atoms with Crippen molar-refractivity contribution in [3.8, 4) is 0 Å². The summed E-state index contributed by atoms with van der Waals surface area (Å²) in [6.45, 7) is 1.12. The van der Waals surface area contributed by atoms with Crippen molar-refractivity contribution < 1.29 is 4.79 Å². The highest BCUT2D eigenvalue weighted by molar-refractivity contribution is 5.65. The molecule has 0 unspecified atom stereocenters. The summed E-state index contributed by atoms with van der Waals surface area (Å²) in [5.74, 6) is 0.193. The van der Waals surface area contributed by atoms with Gasteiger partial charge < -0.3 is 9.69 Å². The van der Waals surface area contributed by atoms with E-state index in [9.17, 15) is 4.79 Å². The Morgan fingerprint density at radius 2 is 1.94 bits per heavy atom. The fourth-order valence-electron chi connectivity index (χ4n) is 3.55. The molecule has 1 aromatic rings. The zero-order valence-electron chi connectivity index (χ0n) is 10.8. The fourth-order valence-corrected chi connectivity index (χ4v) is 3.55. The average Bonchev–Trinajstić information content (AvgIpc) is 2.38. The van der Waals surface area contributed by atoms with E-state index in [1.165, 1.54) is 49.6 Å². The molecule has 2 aliphatic rings. The van der Waals surface area contributed by atoms with E-state index < -0.39 is 0 Å². The Bertz CT molecular complexity index is 429. The molecule has 1 saturated heterocycles. The van der Waals surface area contributed by atoms with Gasteiger partial charge >= 0.3 is 0 Å². The van der Waals surface area contributed by atoms with E-state index in [0.717, 1.165) is 13.0 Å². The minimum Gasteiger partial charge on any atom is -0.368 e. The van der Waals surface area contributed by atoms with E-state index in [-0.39, 0.29) is 5.92 Å². The molecule has 2 nitrogen and oxygen atoms in total. The van der Waals surface area contributed by atoms with Gasteiger partial charge in [-0.05, 0) is 30.9 Å². The third kappa shape index (κ3) is 2.05. The lowest BCUT2D eigenvalue weighted by Crippen LogP contribution is -2.47. The smallest absolute Gasteiger partial charge is 0.125 e. The number of carbonyl (C=O) groups is 1. The summed E-state index contributed by atoms with van der Waals surface area (Å²) in [4.78, 5) is 13.9. The van der Waals surface area contributed by atoms with Crippen LogP contribution in [0, 0.1) is 5.92 Å². The minimum absolute atomic E-state index is 0.193. The number of benzene rings is 1. The van der Waals surface area contributed by atoms with Gasteiger partial charge in [-0.1, -0.05) is 37.5 Å². The first kappa shape index (κ1) is 11.8. The molecule has 18 heavy (non-hydrogen) atoms. The summed E-state index contributed by atoms with van der Waals surface area (Å²) in [6.07, 6.45) is 8.49. The molecule has 0 bridgehead atoms. The topological polar surface area (TPSA) is 20.3 Å². The van der Waals surface area contributed by atoms with Crippen LogP contribution >= 0.6 is 0 Å². The Morgan fingerprint density at radius 3 is 2.83 bits per heavy atom. The SMILES string of the molecule is O=C[C@@H]1Cc2ccccc2N2CCCCCC[C@@H]12. The van der Waals surface area contributed by atoms with Crippen molar-refractivity contribution in [3.63, 3.8) is 0 Å². The molecule has 2 atom stereocenters. The van der Waals surface area contributed by atoms with Crippen LogP contribution < -0.4 is 4.90 Å². The molecule has 3 rings (SSSR count). The lowest BCUT2D eigenvalue weighted by atomic mass is 9.83. The molecule has 0 N–H and O–H groups in total. The normalized spacial score (nSPS) is 27.7. The molecule has 2 heterocycles. The van der Waals surface area contributed by atoms with Crippen LogP contribution in [0.15, 0.2) is 24.3 Å². The van der Waals surface area contributed by atoms with Crippen LogP contribution in [0.1, 0.15) is 37.7 Å². The van der Waals surface area contributed by atoms with E-state index in [4.69, 9.17) is 0 Å². The van der Waals surface area contributed by atoms with Crippen LogP contribution in [0.4, 0.5) is 5.69 Å². The number of carbonyl (C=O) groups excluding carboxylic acids is 1. The van der Waals surface area contributed by atoms with Gasteiger partial charge in [0.1, 0.15) is 6.29 Å². The number of aldehydes is 1. The number of hydrogen-bond donors (Lipinski definition) is 0. The Labute approximate surface area is 109 Å². The molecule has 96 valence electrons. The second-order valence-corrected chi connectivity index (χ2v) is 5.60. The van der Waals surface area contributed by atoms with Gasteiger partial charge in [0, 0.05) is 24.2 Å². The largest absolute Gasteiger partial charge is 0.368 e. The molecule has 0 saturated carbocycles. The third-order valence-corrected chi connectivity index (χ3v) is 4.47. The summed E-state index contributed by atoms with van der Waals surface area (Å²) in [5, 5.41) is 0. The van der Waals surface area contributed by atoms with Gasteiger partial charge in [0.15, 0.2) is 0 Å². The highest BCUT2D eigenvalue weighted by atomic mass is 16.1. The first-order valence-corrected chi connectivity index (χ1v) is 7.20. The predicted molar refractivity (Wildman–Crippen MR) is 73.9 cm³/mol. The van der Waals surface area contributed by atoms with Gasteiger partial charge in [0.2, 0.25) is 0 Å². The van der Waals surface area contributed by atoms with Crippen molar-refractivity contribution in [2.75, 3.05) is 11.4 Å². The maximum Gasteiger partial charge on any atom is 0.125 e. The van der Waals surface area contributed by atoms with E-state index in [0.29, 0.717) is 6.04 Å². The molecule has 0 aliphatic carbocycles. The van der Waals surface area contributed by atoms with Crippen LogP contribution in [0.2, 0.25) is 0 Å². The van der Waals surface area contributed by atoms with Crippen LogP contribution in [0.25, 0.3) is 0 Å². The zero-order valence-corrected chi connectivity index (χ0v) is 10.8. The second-order valence-electron chi connectivity index (χ2n) is 5.60. The third-order valence-electron chi connectivity index (χ3n) is 4.47. The van der Waals surface area contributed by atoms with Gasteiger partial charge in [0.25, 0.3) is 0 Å². The van der Waals surface area contributed by atoms with Gasteiger partial charge in [-0.25, -0.2) is 0 Å². The van der Waals surface area contributed by atoms with Crippen molar-refractivity contribution in [1.82, 2.24) is 0 Å². The van der Waals surface area contributed by atoms with Crippen LogP contribution in [-0.2, 0) is 11.2 Å². The Kier molecular flexibility index (Phi) is 3.35. The first-order valence-electron chi connectivity index (χ1n) is 7.20. The quantitative estimate of drug-likeness (QED) is 0.706. The standard InChI is InChI=1S/C16H21NO/c18-12-14-11-13-7-4-5-9-15(13)17-10-6-2-1-3-8-16(14)17/h4-5,7,9,12,14,16H,1-3,6,8,10-11H2/t14-,16-/m0/s1. The average molecular weight is 243 g/mol. The molecule has 0 radical (unpaired) electrons. The molecular weight excluding hydrogens is 222 g/mol. The molecule has 1 aromatic carbocycles. The zero-order chi connectivity index (χ0) is 12.4. The fraction of sp³-hybridized carbons (Fsp3) is 0.562. The molecule has 2 aliphatic heterocycles. The maximum atomic E-state index is 11.4. The highest BCUT2D eigenvalue weighted by Crippen LogP contribution is 2.36. The van der Waals surface area contributed by atoms with Crippen molar-refractivity contribution in [2.24, 2.45) is 5.92 Å². The monoisotopic (exact) mass is 243 g/mol. The number of fused-ring (bicyclic) bond motifs is 3. The second kappa shape index (κ2) is 5.13. The molecular formula is C16H21NO. The molecule has 2 heteroatoms. The van der Waals surface area contributed by atoms with E-state index >= 15 is 0 Å². The number of hydrogen-bond acceptors (Lipinski definition) is 2. The number of rotatable bonds is 1. The van der Waals surface area contributed by atoms with Crippen LogP contribution in [0.3, 0.4) is 0 Å². The van der Waals surface area contributed by atoms with Gasteiger partial charge in [-0.15, -0.1) is 0 Å². The number of anilines is 1. The summed E-state index contributed by atoms with van der Waals surface area (Å²) in [5.41, 5.74) is 2.73. The minimum atomic E-state index is 0.193. The molecule has 1 fully saturated rings. The van der Waals surface area contributed by atoms with Gasteiger partial charge in [0.05, 0.1) is 0 Å². The van der Waals surface area contributed by atoms with E-state index in [1.54, 1.807) is 0 Å². The summed E-state index contributed by atoms with van der Waals surface area (Å²) < 4.78 is 0. The highest BCUT2D eigenvalue weighted by Gasteiger charge is 2.33. The molecule has 0 aromatic heterocycles. The molecule has 0 spiro atoms. The van der Waals surface area contributed by atoms with Crippen molar-refractivity contribution >= 4 is 12.0 Å². The summed E-state index contributed by atoms with van der Waals surface area (Å²) in [6, 6.07) is 9.06. The van der Waals surface area contributed by atoms with E-state index in [2.05, 4.69) is 29.2 Å². The van der Waals surface area contributed by atoms with Gasteiger partial charge in [-0.3, -0.25) is 0 Å². The van der Waals surface area contributed by atoms with Crippen molar-refractivity contribution in [1.29, 1.82) is 0 Å². The molecule has 0 amide bonds.